The summed E-state index contributed by atoms with van der Waals surface area (Å²) in [7, 11) is 1.84. The van der Waals surface area contributed by atoms with Crippen molar-refractivity contribution in [2.75, 3.05) is 17.7 Å². The first-order valence-electron chi connectivity index (χ1n) is 6.35. The molecule has 6 nitrogen and oxygen atoms in total. The van der Waals surface area contributed by atoms with Gasteiger partial charge in [0.25, 0.3) is 0 Å². The SMILES string of the molecule is CCOC(=O)c1ccc(N)c(Nc2cn(C)nc2C)c1. The lowest BCUT2D eigenvalue weighted by atomic mass is 10.1. The Balaban J connectivity index is 2.29. The fourth-order valence-electron chi connectivity index (χ4n) is 1.87. The van der Waals surface area contributed by atoms with Crippen molar-refractivity contribution in [1.29, 1.82) is 0 Å². The van der Waals surface area contributed by atoms with Crippen LogP contribution in [0.25, 0.3) is 0 Å². The van der Waals surface area contributed by atoms with E-state index < -0.39 is 0 Å². The predicted octanol–water partition coefficient (Wildman–Crippen LogP) is 2.23. The average Bonchev–Trinajstić information content (AvgIpc) is 2.70. The van der Waals surface area contributed by atoms with Gasteiger partial charge in [-0.25, -0.2) is 4.79 Å². The Morgan fingerprint density at radius 2 is 2.20 bits per heavy atom. The summed E-state index contributed by atoms with van der Waals surface area (Å²) in [6.45, 7) is 4.01. The molecule has 0 aliphatic carbocycles. The largest absolute Gasteiger partial charge is 0.462 e. The van der Waals surface area contributed by atoms with Crippen LogP contribution in [0.5, 0.6) is 0 Å². The number of hydrogen-bond acceptors (Lipinski definition) is 5. The Hall–Kier alpha value is -2.50. The number of rotatable bonds is 4. The van der Waals surface area contributed by atoms with E-state index in [2.05, 4.69) is 10.4 Å². The number of benzene rings is 1. The number of anilines is 3. The van der Waals surface area contributed by atoms with E-state index in [9.17, 15) is 4.79 Å². The lowest BCUT2D eigenvalue weighted by molar-refractivity contribution is 0.0526. The normalized spacial score (nSPS) is 10.3. The second-order valence-electron chi connectivity index (χ2n) is 4.45. The van der Waals surface area contributed by atoms with Gasteiger partial charge in [0.05, 0.1) is 34.9 Å². The third-order valence-corrected chi connectivity index (χ3v) is 2.85. The molecule has 106 valence electrons. The van der Waals surface area contributed by atoms with Gasteiger partial charge in [-0.2, -0.15) is 5.10 Å². The van der Waals surface area contributed by atoms with Crippen LogP contribution in [0, 0.1) is 6.92 Å². The van der Waals surface area contributed by atoms with Crippen LogP contribution in [0.4, 0.5) is 17.1 Å². The van der Waals surface area contributed by atoms with Crippen LogP contribution >= 0.6 is 0 Å². The van der Waals surface area contributed by atoms with Gasteiger partial charge in [-0.05, 0) is 32.0 Å². The maximum atomic E-state index is 11.7. The van der Waals surface area contributed by atoms with E-state index in [1.165, 1.54) is 0 Å². The van der Waals surface area contributed by atoms with Crippen molar-refractivity contribution >= 4 is 23.0 Å². The summed E-state index contributed by atoms with van der Waals surface area (Å²) in [5, 5.41) is 7.43. The molecular weight excluding hydrogens is 256 g/mol. The summed E-state index contributed by atoms with van der Waals surface area (Å²) in [5.41, 5.74) is 9.31. The van der Waals surface area contributed by atoms with Crippen LogP contribution in [0.3, 0.4) is 0 Å². The highest BCUT2D eigenvalue weighted by Crippen LogP contribution is 2.26. The molecular formula is C14H18N4O2. The first kappa shape index (κ1) is 13.9. The number of nitrogen functional groups attached to an aromatic ring is 1. The number of carbonyl (C=O) groups excluding carboxylic acids is 1. The Bertz CT molecular complexity index is 634. The molecule has 0 radical (unpaired) electrons. The molecule has 2 aromatic rings. The molecule has 0 atom stereocenters. The third kappa shape index (κ3) is 2.90. The highest BCUT2D eigenvalue weighted by Gasteiger charge is 2.11. The number of nitrogens with zero attached hydrogens (tertiary/aromatic N) is 2. The molecule has 0 aliphatic heterocycles. The number of aromatic nitrogens is 2. The van der Waals surface area contributed by atoms with Crippen LogP contribution in [-0.4, -0.2) is 22.4 Å². The molecule has 0 aliphatic rings. The van der Waals surface area contributed by atoms with Crippen molar-refractivity contribution in [3.63, 3.8) is 0 Å². The van der Waals surface area contributed by atoms with Crippen molar-refractivity contribution in [2.45, 2.75) is 13.8 Å². The molecule has 0 bridgehead atoms. The molecule has 1 aromatic carbocycles. The van der Waals surface area contributed by atoms with Crippen molar-refractivity contribution in [2.24, 2.45) is 7.05 Å². The highest BCUT2D eigenvalue weighted by atomic mass is 16.5. The lowest BCUT2D eigenvalue weighted by Crippen LogP contribution is -2.06. The fraction of sp³-hybridized carbons (Fsp3) is 0.286. The summed E-state index contributed by atoms with van der Waals surface area (Å²) >= 11 is 0. The number of hydrogen-bond donors (Lipinski definition) is 2. The molecule has 3 N–H and O–H groups in total. The Kier molecular flexibility index (Phi) is 3.93. The summed E-state index contributed by atoms with van der Waals surface area (Å²) in [6, 6.07) is 5.01. The van der Waals surface area contributed by atoms with Crippen molar-refractivity contribution in [3.05, 3.63) is 35.7 Å². The van der Waals surface area contributed by atoms with Gasteiger partial charge in [0.15, 0.2) is 0 Å². The summed E-state index contributed by atoms with van der Waals surface area (Å²) in [4.78, 5) is 11.7. The standard InChI is InChI=1S/C14H18N4O2/c1-4-20-14(19)10-5-6-11(15)12(7-10)16-13-8-18(3)17-9(13)2/h5-8,16H,4,15H2,1-3H3. The zero-order valence-corrected chi connectivity index (χ0v) is 11.8. The van der Waals surface area contributed by atoms with Gasteiger partial charge in [0.2, 0.25) is 0 Å². The molecule has 0 unspecified atom stereocenters. The first-order chi connectivity index (χ1) is 9.51. The second-order valence-corrected chi connectivity index (χ2v) is 4.45. The predicted molar refractivity (Wildman–Crippen MR) is 78.0 cm³/mol. The van der Waals surface area contributed by atoms with E-state index in [1.54, 1.807) is 29.8 Å². The molecule has 6 heteroatoms. The van der Waals surface area contributed by atoms with Gasteiger partial charge in [-0.3, -0.25) is 4.68 Å². The maximum Gasteiger partial charge on any atom is 0.338 e. The molecule has 0 amide bonds. The molecule has 2 rings (SSSR count). The van der Waals surface area contributed by atoms with Gasteiger partial charge in [-0.15, -0.1) is 0 Å². The van der Waals surface area contributed by atoms with Gasteiger partial charge in [0.1, 0.15) is 0 Å². The average molecular weight is 274 g/mol. The minimum absolute atomic E-state index is 0.341. The third-order valence-electron chi connectivity index (χ3n) is 2.85. The molecule has 1 aromatic heterocycles. The van der Waals surface area contributed by atoms with E-state index in [1.807, 2.05) is 20.2 Å². The van der Waals surface area contributed by atoms with Gasteiger partial charge in [-0.1, -0.05) is 0 Å². The maximum absolute atomic E-state index is 11.7. The zero-order valence-electron chi connectivity index (χ0n) is 11.8. The van der Waals surface area contributed by atoms with E-state index in [0.29, 0.717) is 23.5 Å². The summed E-state index contributed by atoms with van der Waals surface area (Å²) in [5.74, 6) is -0.363. The Morgan fingerprint density at radius 1 is 1.45 bits per heavy atom. The van der Waals surface area contributed by atoms with Crippen LogP contribution in [-0.2, 0) is 11.8 Å². The lowest BCUT2D eigenvalue weighted by Gasteiger charge is -2.10. The van der Waals surface area contributed by atoms with E-state index in [0.717, 1.165) is 11.4 Å². The molecule has 20 heavy (non-hydrogen) atoms. The van der Waals surface area contributed by atoms with Crippen LogP contribution in [0.15, 0.2) is 24.4 Å². The number of carbonyl (C=O) groups is 1. The minimum atomic E-state index is -0.363. The molecule has 0 fully saturated rings. The highest BCUT2D eigenvalue weighted by molar-refractivity contribution is 5.92. The Labute approximate surface area is 117 Å². The number of aryl methyl sites for hydroxylation is 2. The van der Waals surface area contributed by atoms with Crippen molar-refractivity contribution < 1.29 is 9.53 Å². The quantitative estimate of drug-likeness (QED) is 0.660. The second kappa shape index (κ2) is 5.64. The number of nitrogens with one attached hydrogen (secondary N) is 1. The van der Waals surface area contributed by atoms with Crippen LogP contribution in [0.1, 0.15) is 23.0 Å². The van der Waals surface area contributed by atoms with Gasteiger partial charge >= 0.3 is 5.97 Å². The zero-order chi connectivity index (χ0) is 14.7. The van der Waals surface area contributed by atoms with Crippen LogP contribution in [0.2, 0.25) is 0 Å². The topological polar surface area (TPSA) is 82.2 Å². The number of ether oxygens (including phenoxy) is 1. The van der Waals surface area contributed by atoms with Gasteiger partial charge in [0, 0.05) is 13.2 Å². The van der Waals surface area contributed by atoms with E-state index in [4.69, 9.17) is 10.5 Å². The summed E-state index contributed by atoms with van der Waals surface area (Å²) in [6.07, 6.45) is 1.85. The molecule has 0 spiro atoms. The molecule has 0 saturated carbocycles. The first-order valence-corrected chi connectivity index (χ1v) is 6.35. The minimum Gasteiger partial charge on any atom is -0.462 e. The number of nitrogens with two attached hydrogens (primary N) is 1. The fourth-order valence-corrected chi connectivity index (χ4v) is 1.87. The smallest absolute Gasteiger partial charge is 0.338 e. The Morgan fingerprint density at radius 3 is 2.80 bits per heavy atom. The van der Waals surface area contributed by atoms with Crippen LogP contribution < -0.4 is 11.1 Å². The van der Waals surface area contributed by atoms with Gasteiger partial charge < -0.3 is 15.8 Å². The summed E-state index contributed by atoms with van der Waals surface area (Å²) < 4.78 is 6.69. The van der Waals surface area contributed by atoms with Crippen molar-refractivity contribution in [1.82, 2.24) is 9.78 Å². The number of esters is 1. The molecule has 0 saturated heterocycles. The van der Waals surface area contributed by atoms with E-state index in [-0.39, 0.29) is 5.97 Å². The molecule has 1 heterocycles. The van der Waals surface area contributed by atoms with Crippen molar-refractivity contribution in [3.8, 4) is 0 Å². The monoisotopic (exact) mass is 274 g/mol. The van der Waals surface area contributed by atoms with E-state index >= 15 is 0 Å².